The molecular weight excluding hydrogens is 322 g/mol. The third kappa shape index (κ3) is 1.64. The summed E-state index contributed by atoms with van der Waals surface area (Å²) in [5.41, 5.74) is 11.5. The highest BCUT2D eigenvalue weighted by Gasteiger charge is 2.78. The summed E-state index contributed by atoms with van der Waals surface area (Å²) in [6.07, 6.45) is 10.8. The second-order valence-electron chi connectivity index (χ2n) is 10.1. The summed E-state index contributed by atoms with van der Waals surface area (Å²) >= 11 is 0. The quantitative estimate of drug-likeness (QED) is 0.664. The summed E-state index contributed by atoms with van der Waals surface area (Å²) in [6.45, 7) is 6.92. The zero-order valence-corrected chi connectivity index (χ0v) is 15.7. The van der Waals surface area contributed by atoms with Gasteiger partial charge in [-0.2, -0.15) is 0 Å². The van der Waals surface area contributed by atoms with Crippen LogP contribution >= 0.6 is 0 Å². The SMILES string of the molecule is C=C1CC2C(CC[C@@]3(C)C2C2CC2[C@@]32CCC(=O)O2)C2=C1C=C(N)CC2. The number of carbonyl (C=O) groups excluding carboxylic acids is 1. The predicted molar refractivity (Wildman–Crippen MR) is 99.8 cm³/mol. The molecule has 5 aliphatic carbocycles. The van der Waals surface area contributed by atoms with Crippen LogP contribution in [-0.4, -0.2) is 11.6 Å². The number of nitrogens with two attached hydrogens (primary N) is 1. The molecule has 1 saturated heterocycles. The molecule has 3 nitrogen and oxygen atoms in total. The smallest absolute Gasteiger partial charge is 0.306 e. The molecule has 4 fully saturated rings. The molecule has 0 aromatic rings. The minimum atomic E-state index is -0.142. The first-order valence-electron chi connectivity index (χ1n) is 10.5. The van der Waals surface area contributed by atoms with Gasteiger partial charge in [0.15, 0.2) is 0 Å². The second kappa shape index (κ2) is 4.66. The number of carbonyl (C=O) groups is 1. The third-order valence-electron chi connectivity index (χ3n) is 9.22. The van der Waals surface area contributed by atoms with E-state index in [2.05, 4.69) is 19.6 Å². The van der Waals surface area contributed by atoms with Gasteiger partial charge in [-0.3, -0.25) is 4.79 Å². The van der Waals surface area contributed by atoms with Crippen molar-refractivity contribution in [3.63, 3.8) is 0 Å². The van der Waals surface area contributed by atoms with Gasteiger partial charge >= 0.3 is 5.97 Å². The molecule has 138 valence electrons. The Kier molecular flexibility index (Phi) is 2.79. The van der Waals surface area contributed by atoms with Gasteiger partial charge in [0.05, 0.1) is 0 Å². The zero-order chi connectivity index (χ0) is 17.8. The predicted octanol–water partition coefficient (Wildman–Crippen LogP) is 4.25. The lowest BCUT2D eigenvalue weighted by Gasteiger charge is -2.55. The largest absolute Gasteiger partial charge is 0.458 e. The van der Waals surface area contributed by atoms with Crippen molar-refractivity contribution in [2.24, 2.45) is 40.7 Å². The summed E-state index contributed by atoms with van der Waals surface area (Å²) in [5.74, 6) is 3.55. The molecule has 5 unspecified atom stereocenters. The lowest BCUT2D eigenvalue weighted by atomic mass is 9.50. The topological polar surface area (TPSA) is 52.3 Å². The summed E-state index contributed by atoms with van der Waals surface area (Å²) in [4.78, 5) is 12.1. The van der Waals surface area contributed by atoms with E-state index in [-0.39, 0.29) is 17.0 Å². The van der Waals surface area contributed by atoms with E-state index in [1.165, 1.54) is 30.4 Å². The highest BCUT2D eigenvalue weighted by atomic mass is 16.6. The number of hydrogen-bond donors (Lipinski definition) is 1. The minimum Gasteiger partial charge on any atom is -0.458 e. The standard InChI is InChI=1S/C23H29NO2/c1-12-9-17-15(14-4-3-13(24)10-16(12)14)5-7-22(2)21(17)18-11-19(18)23(22)8-6-20(25)26-23/h10,15,17-19,21H,1,3-9,11,24H2,2H3/t15?,17?,18?,19?,21?,22-,23-/m0/s1. The van der Waals surface area contributed by atoms with Gasteiger partial charge in [0.1, 0.15) is 5.60 Å². The van der Waals surface area contributed by atoms with Crippen LogP contribution in [0.1, 0.15) is 58.3 Å². The van der Waals surface area contributed by atoms with Crippen molar-refractivity contribution < 1.29 is 9.53 Å². The Balaban J connectivity index is 1.42. The van der Waals surface area contributed by atoms with E-state index in [9.17, 15) is 4.79 Å². The molecule has 7 atom stereocenters. The molecule has 0 aromatic heterocycles. The van der Waals surface area contributed by atoms with E-state index in [4.69, 9.17) is 10.5 Å². The molecule has 1 aliphatic heterocycles. The summed E-state index contributed by atoms with van der Waals surface area (Å²) in [7, 11) is 0. The van der Waals surface area contributed by atoms with Crippen LogP contribution in [0.25, 0.3) is 0 Å². The van der Waals surface area contributed by atoms with Crippen molar-refractivity contribution in [1.29, 1.82) is 0 Å². The van der Waals surface area contributed by atoms with Crippen molar-refractivity contribution >= 4 is 5.97 Å². The molecule has 0 amide bonds. The molecule has 1 heterocycles. The number of ether oxygens (including phenoxy) is 1. The maximum atomic E-state index is 12.1. The van der Waals surface area contributed by atoms with Gasteiger partial charge in [-0.15, -0.1) is 0 Å². The third-order valence-corrected chi connectivity index (χ3v) is 9.22. The molecule has 0 bridgehead atoms. The molecule has 0 radical (unpaired) electrons. The normalized spacial score (nSPS) is 51.4. The van der Waals surface area contributed by atoms with Crippen LogP contribution in [0.15, 0.2) is 35.1 Å². The maximum absolute atomic E-state index is 12.1. The molecule has 1 spiro atoms. The van der Waals surface area contributed by atoms with Gasteiger partial charge in [-0.1, -0.05) is 19.1 Å². The molecule has 26 heavy (non-hydrogen) atoms. The van der Waals surface area contributed by atoms with Gasteiger partial charge < -0.3 is 10.5 Å². The van der Waals surface area contributed by atoms with Crippen molar-refractivity contribution in [1.82, 2.24) is 0 Å². The molecule has 3 saturated carbocycles. The van der Waals surface area contributed by atoms with Crippen LogP contribution in [0.4, 0.5) is 0 Å². The van der Waals surface area contributed by atoms with Crippen LogP contribution in [0, 0.1) is 35.0 Å². The first kappa shape index (κ1) is 15.5. The lowest BCUT2D eigenvalue weighted by molar-refractivity contribution is -0.171. The summed E-state index contributed by atoms with van der Waals surface area (Å²) < 4.78 is 6.16. The van der Waals surface area contributed by atoms with Crippen molar-refractivity contribution in [2.75, 3.05) is 0 Å². The van der Waals surface area contributed by atoms with E-state index < -0.39 is 0 Å². The van der Waals surface area contributed by atoms with Crippen molar-refractivity contribution in [2.45, 2.75) is 63.9 Å². The molecule has 6 rings (SSSR count). The fourth-order valence-electron chi connectivity index (χ4n) is 8.24. The fraction of sp³-hybridized carbons (Fsp3) is 0.696. The molecule has 2 N–H and O–H groups in total. The van der Waals surface area contributed by atoms with Crippen molar-refractivity contribution in [3.8, 4) is 0 Å². The van der Waals surface area contributed by atoms with Crippen LogP contribution in [-0.2, 0) is 9.53 Å². The van der Waals surface area contributed by atoms with Crippen LogP contribution in [0.5, 0.6) is 0 Å². The minimum absolute atomic E-state index is 0.0468. The van der Waals surface area contributed by atoms with Crippen LogP contribution in [0.2, 0.25) is 0 Å². The van der Waals surface area contributed by atoms with E-state index >= 15 is 0 Å². The Labute approximate surface area is 155 Å². The van der Waals surface area contributed by atoms with Gasteiger partial charge in [0, 0.05) is 23.5 Å². The maximum Gasteiger partial charge on any atom is 0.306 e. The van der Waals surface area contributed by atoms with E-state index in [1.807, 2.05) is 0 Å². The van der Waals surface area contributed by atoms with E-state index in [0.717, 1.165) is 37.3 Å². The second-order valence-corrected chi connectivity index (χ2v) is 10.1. The lowest BCUT2D eigenvalue weighted by Crippen LogP contribution is -2.54. The van der Waals surface area contributed by atoms with Crippen LogP contribution in [0.3, 0.4) is 0 Å². The summed E-state index contributed by atoms with van der Waals surface area (Å²) in [6, 6.07) is 0. The number of esters is 1. The molecule has 3 heteroatoms. The average molecular weight is 351 g/mol. The van der Waals surface area contributed by atoms with Crippen LogP contribution < -0.4 is 5.73 Å². The molecular formula is C23H29NO2. The highest BCUT2D eigenvalue weighted by molar-refractivity contribution is 5.73. The van der Waals surface area contributed by atoms with E-state index in [1.54, 1.807) is 5.57 Å². The van der Waals surface area contributed by atoms with Gasteiger partial charge in [0.2, 0.25) is 0 Å². The van der Waals surface area contributed by atoms with Crippen molar-refractivity contribution in [3.05, 3.63) is 35.1 Å². The molecule has 0 aromatic carbocycles. The summed E-state index contributed by atoms with van der Waals surface area (Å²) in [5, 5.41) is 0. The Morgan fingerprint density at radius 1 is 1.23 bits per heavy atom. The number of fused-ring (bicyclic) bond motifs is 8. The zero-order valence-electron chi connectivity index (χ0n) is 15.7. The van der Waals surface area contributed by atoms with E-state index in [0.29, 0.717) is 30.1 Å². The monoisotopic (exact) mass is 351 g/mol. The highest BCUT2D eigenvalue weighted by Crippen LogP contribution is 2.78. The fourth-order valence-corrected chi connectivity index (χ4v) is 8.24. The van der Waals surface area contributed by atoms with Gasteiger partial charge in [-0.25, -0.2) is 0 Å². The Hall–Kier alpha value is -1.51. The number of hydrogen-bond acceptors (Lipinski definition) is 3. The Morgan fingerprint density at radius 3 is 2.85 bits per heavy atom. The first-order valence-corrected chi connectivity index (χ1v) is 10.5. The van der Waals surface area contributed by atoms with Gasteiger partial charge in [0.25, 0.3) is 0 Å². The molecule has 6 aliphatic rings. The number of allylic oxidation sites excluding steroid dienone is 5. The van der Waals surface area contributed by atoms with Gasteiger partial charge in [-0.05, 0) is 85.8 Å². The Bertz CT molecular complexity index is 807. The average Bonchev–Trinajstić information content (AvgIpc) is 3.24. The Morgan fingerprint density at radius 2 is 2.08 bits per heavy atom. The number of rotatable bonds is 0. The first-order chi connectivity index (χ1) is 12.4.